The summed E-state index contributed by atoms with van der Waals surface area (Å²) in [6.07, 6.45) is -3.86. The number of nitrogens with zero attached hydrogens (tertiary/aromatic N) is 1. The van der Waals surface area contributed by atoms with E-state index in [1.165, 1.54) is 48.7 Å². The Labute approximate surface area is 153 Å². The van der Waals surface area contributed by atoms with Crippen molar-refractivity contribution in [1.82, 2.24) is 4.98 Å². The molecule has 3 rings (SSSR count). The van der Waals surface area contributed by atoms with Crippen LogP contribution in [0.15, 0.2) is 79.1 Å². The SMILES string of the molecule is O=C(Nc1cccnc1)c1ccccc1OC(c1ccccc1)C(F)(F)F. The van der Waals surface area contributed by atoms with Crippen molar-refractivity contribution in [2.24, 2.45) is 0 Å². The maximum Gasteiger partial charge on any atom is 0.429 e. The number of benzene rings is 2. The molecule has 7 heteroatoms. The van der Waals surface area contributed by atoms with Gasteiger partial charge in [0.05, 0.1) is 17.4 Å². The molecule has 1 unspecified atom stereocenters. The average molecular weight is 372 g/mol. The standard InChI is InChI=1S/C20H15F3N2O2/c21-20(22,23)18(14-7-2-1-3-8-14)27-17-11-5-4-10-16(17)19(26)25-15-9-6-12-24-13-15/h1-13,18H,(H,25,26). The van der Waals surface area contributed by atoms with Gasteiger partial charge in [0, 0.05) is 11.8 Å². The van der Waals surface area contributed by atoms with Gasteiger partial charge < -0.3 is 10.1 Å². The molecule has 0 aliphatic heterocycles. The first-order valence-electron chi connectivity index (χ1n) is 8.04. The molecule has 1 heterocycles. The highest BCUT2D eigenvalue weighted by Crippen LogP contribution is 2.37. The number of carbonyl (C=O) groups is 1. The lowest BCUT2D eigenvalue weighted by molar-refractivity contribution is -0.198. The fraction of sp³-hybridized carbons (Fsp3) is 0.100. The molecule has 0 aliphatic carbocycles. The summed E-state index contributed by atoms with van der Waals surface area (Å²) >= 11 is 0. The van der Waals surface area contributed by atoms with Crippen molar-refractivity contribution in [1.29, 1.82) is 0 Å². The lowest BCUT2D eigenvalue weighted by atomic mass is 10.1. The summed E-state index contributed by atoms with van der Waals surface area (Å²) in [6.45, 7) is 0. The number of carbonyl (C=O) groups excluding carboxylic acids is 1. The van der Waals surface area contributed by atoms with E-state index in [2.05, 4.69) is 10.3 Å². The highest BCUT2D eigenvalue weighted by molar-refractivity contribution is 6.06. The van der Waals surface area contributed by atoms with Crippen LogP contribution in [0, 0.1) is 0 Å². The predicted octanol–water partition coefficient (Wildman–Crippen LogP) is 5.02. The number of hydrogen-bond acceptors (Lipinski definition) is 3. The summed E-state index contributed by atoms with van der Waals surface area (Å²) in [7, 11) is 0. The monoisotopic (exact) mass is 372 g/mol. The third-order valence-corrected chi connectivity index (χ3v) is 3.70. The van der Waals surface area contributed by atoms with Gasteiger partial charge in [-0.3, -0.25) is 9.78 Å². The molecule has 2 aromatic carbocycles. The van der Waals surface area contributed by atoms with Gasteiger partial charge in [-0.2, -0.15) is 13.2 Å². The van der Waals surface area contributed by atoms with Gasteiger partial charge in [0.15, 0.2) is 0 Å². The lowest BCUT2D eigenvalue weighted by Gasteiger charge is -2.23. The lowest BCUT2D eigenvalue weighted by Crippen LogP contribution is -2.27. The van der Waals surface area contributed by atoms with Crippen LogP contribution in [0.5, 0.6) is 5.75 Å². The number of nitrogens with one attached hydrogen (secondary N) is 1. The van der Waals surface area contributed by atoms with Crippen molar-refractivity contribution in [2.45, 2.75) is 12.3 Å². The van der Waals surface area contributed by atoms with Crippen LogP contribution in [-0.2, 0) is 0 Å². The second-order valence-electron chi connectivity index (χ2n) is 5.64. The summed E-state index contributed by atoms with van der Waals surface area (Å²) in [4.78, 5) is 16.4. The molecule has 0 radical (unpaired) electrons. The largest absolute Gasteiger partial charge is 0.475 e. The fourth-order valence-electron chi connectivity index (χ4n) is 2.47. The molecular formula is C20H15F3N2O2. The first-order chi connectivity index (χ1) is 12.9. The van der Waals surface area contributed by atoms with Gasteiger partial charge in [-0.25, -0.2) is 0 Å². The fourth-order valence-corrected chi connectivity index (χ4v) is 2.47. The Morgan fingerprint density at radius 1 is 0.963 bits per heavy atom. The summed E-state index contributed by atoms with van der Waals surface area (Å²) in [6, 6.07) is 16.3. The molecule has 0 bridgehead atoms. The van der Waals surface area contributed by atoms with E-state index in [0.29, 0.717) is 5.69 Å². The number of pyridine rings is 1. The van der Waals surface area contributed by atoms with E-state index in [1.54, 1.807) is 30.5 Å². The summed E-state index contributed by atoms with van der Waals surface area (Å²) in [5.74, 6) is -0.752. The number of amides is 1. The number of rotatable bonds is 5. The van der Waals surface area contributed by atoms with E-state index >= 15 is 0 Å². The number of para-hydroxylation sites is 1. The minimum Gasteiger partial charge on any atom is -0.475 e. The van der Waals surface area contributed by atoms with Gasteiger partial charge in [0.25, 0.3) is 5.91 Å². The van der Waals surface area contributed by atoms with E-state index in [1.807, 2.05) is 0 Å². The van der Waals surface area contributed by atoms with Crippen molar-refractivity contribution in [3.63, 3.8) is 0 Å². The van der Waals surface area contributed by atoms with Gasteiger partial charge in [-0.05, 0) is 24.3 Å². The average Bonchev–Trinajstić information content (AvgIpc) is 2.67. The number of halogens is 3. The molecule has 0 aliphatic rings. The molecule has 1 amide bonds. The minimum atomic E-state index is -4.64. The van der Waals surface area contributed by atoms with E-state index in [0.717, 1.165) is 0 Å². The predicted molar refractivity (Wildman–Crippen MR) is 94.5 cm³/mol. The summed E-state index contributed by atoms with van der Waals surface area (Å²) < 4.78 is 45.9. The smallest absolute Gasteiger partial charge is 0.429 e. The Bertz CT molecular complexity index is 900. The van der Waals surface area contributed by atoms with E-state index < -0.39 is 18.2 Å². The van der Waals surface area contributed by atoms with Gasteiger partial charge >= 0.3 is 6.18 Å². The number of hydrogen-bond donors (Lipinski definition) is 1. The van der Waals surface area contributed by atoms with E-state index in [4.69, 9.17) is 4.74 Å². The number of ether oxygens (including phenoxy) is 1. The third kappa shape index (κ3) is 4.63. The minimum absolute atomic E-state index is 0.00784. The summed E-state index contributed by atoms with van der Waals surface area (Å²) in [5.41, 5.74) is 0.367. The molecule has 0 saturated heterocycles. The normalized spacial score (nSPS) is 12.3. The first-order valence-corrected chi connectivity index (χ1v) is 8.04. The third-order valence-electron chi connectivity index (χ3n) is 3.70. The van der Waals surface area contributed by atoms with Crippen LogP contribution in [-0.4, -0.2) is 17.1 Å². The Kier molecular flexibility index (Phi) is 5.40. The van der Waals surface area contributed by atoms with Gasteiger partial charge in [-0.1, -0.05) is 42.5 Å². The molecule has 27 heavy (non-hydrogen) atoms. The van der Waals surface area contributed by atoms with Gasteiger partial charge in [0.1, 0.15) is 5.75 Å². The van der Waals surface area contributed by atoms with Crippen LogP contribution in [0.4, 0.5) is 18.9 Å². The van der Waals surface area contributed by atoms with Crippen LogP contribution in [0.2, 0.25) is 0 Å². The highest BCUT2D eigenvalue weighted by Gasteiger charge is 2.43. The second kappa shape index (κ2) is 7.90. The van der Waals surface area contributed by atoms with Gasteiger partial charge in [0.2, 0.25) is 6.10 Å². The molecule has 1 N–H and O–H groups in total. The Morgan fingerprint density at radius 3 is 2.33 bits per heavy atom. The molecular weight excluding hydrogens is 357 g/mol. The highest BCUT2D eigenvalue weighted by atomic mass is 19.4. The number of alkyl halides is 3. The van der Waals surface area contributed by atoms with E-state index in [-0.39, 0.29) is 16.9 Å². The Morgan fingerprint density at radius 2 is 1.67 bits per heavy atom. The van der Waals surface area contributed by atoms with Crippen LogP contribution in [0.3, 0.4) is 0 Å². The first kappa shape index (κ1) is 18.4. The molecule has 0 spiro atoms. The van der Waals surface area contributed by atoms with Crippen LogP contribution in [0.1, 0.15) is 22.0 Å². The molecule has 1 atom stereocenters. The molecule has 0 saturated carbocycles. The number of aromatic nitrogens is 1. The van der Waals surface area contributed by atoms with Crippen molar-refractivity contribution in [3.8, 4) is 5.75 Å². The molecule has 1 aromatic heterocycles. The maximum atomic E-state index is 13.5. The van der Waals surface area contributed by atoms with Gasteiger partial charge in [-0.15, -0.1) is 0 Å². The van der Waals surface area contributed by atoms with Crippen molar-refractivity contribution in [3.05, 3.63) is 90.3 Å². The zero-order chi connectivity index (χ0) is 19.3. The van der Waals surface area contributed by atoms with Crippen molar-refractivity contribution in [2.75, 3.05) is 5.32 Å². The second-order valence-corrected chi connectivity index (χ2v) is 5.64. The Balaban J connectivity index is 1.89. The molecule has 138 valence electrons. The quantitative estimate of drug-likeness (QED) is 0.684. The maximum absolute atomic E-state index is 13.5. The van der Waals surface area contributed by atoms with Crippen LogP contribution >= 0.6 is 0 Å². The molecule has 0 fully saturated rings. The van der Waals surface area contributed by atoms with Crippen molar-refractivity contribution >= 4 is 11.6 Å². The molecule has 4 nitrogen and oxygen atoms in total. The zero-order valence-corrected chi connectivity index (χ0v) is 14.0. The molecule has 3 aromatic rings. The van der Waals surface area contributed by atoms with E-state index in [9.17, 15) is 18.0 Å². The summed E-state index contributed by atoms with van der Waals surface area (Å²) in [5, 5.41) is 2.59. The zero-order valence-electron chi connectivity index (χ0n) is 14.0. The van der Waals surface area contributed by atoms with Crippen LogP contribution < -0.4 is 10.1 Å². The van der Waals surface area contributed by atoms with Crippen molar-refractivity contribution < 1.29 is 22.7 Å². The Hall–Kier alpha value is -3.35. The van der Waals surface area contributed by atoms with Crippen LogP contribution in [0.25, 0.3) is 0 Å². The topological polar surface area (TPSA) is 51.2 Å². The number of anilines is 1.